The summed E-state index contributed by atoms with van der Waals surface area (Å²) in [6.07, 6.45) is 1.44. The van der Waals surface area contributed by atoms with Gasteiger partial charge in [-0.2, -0.15) is 5.10 Å². The molecule has 2 aromatic rings. The third kappa shape index (κ3) is 3.88. The number of hydrogen-bond donors (Lipinski definition) is 2. The van der Waals surface area contributed by atoms with Crippen LogP contribution in [-0.4, -0.2) is 53.7 Å². The van der Waals surface area contributed by atoms with Crippen molar-refractivity contribution < 1.29 is 19.0 Å². The highest BCUT2D eigenvalue weighted by atomic mass is 16.5. The number of nitrogens with zero attached hydrogens (tertiary/aromatic N) is 5. The van der Waals surface area contributed by atoms with E-state index in [9.17, 15) is 4.79 Å². The van der Waals surface area contributed by atoms with Crippen molar-refractivity contribution in [3.05, 3.63) is 17.7 Å². The Kier molecular flexibility index (Phi) is 5.49. The zero-order chi connectivity index (χ0) is 17.5. The van der Waals surface area contributed by atoms with Gasteiger partial charge in [-0.3, -0.25) is 4.79 Å². The summed E-state index contributed by atoms with van der Waals surface area (Å²) in [5, 5.41) is 14.2. The first-order valence-electron chi connectivity index (χ1n) is 6.72. The van der Waals surface area contributed by atoms with Gasteiger partial charge in [-0.15, -0.1) is 0 Å². The van der Waals surface area contributed by atoms with E-state index < -0.39 is 5.91 Å². The summed E-state index contributed by atoms with van der Waals surface area (Å²) in [6, 6.07) is 3.38. The molecule has 0 aliphatic rings. The van der Waals surface area contributed by atoms with Gasteiger partial charge in [0.2, 0.25) is 11.7 Å². The number of methoxy groups -OCH3 is 3. The standard InChI is InChI=1S/C13H17N7O4/c1-22-9-4-8(5-10(23-2)12(9)24-3)6-15-16-11(21)7-20-13(14)17-18-19-20/h4-6H,7H2,1-3H3,(H,16,21)(H2,14,17,19). The Morgan fingerprint density at radius 2 is 1.96 bits per heavy atom. The van der Waals surface area contributed by atoms with Crippen molar-refractivity contribution in [2.45, 2.75) is 6.54 Å². The molecule has 0 atom stereocenters. The molecule has 1 aromatic heterocycles. The summed E-state index contributed by atoms with van der Waals surface area (Å²) in [7, 11) is 4.53. The Balaban J connectivity index is 2.06. The van der Waals surface area contributed by atoms with Crippen LogP contribution in [0.15, 0.2) is 17.2 Å². The van der Waals surface area contributed by atoms with Gasteiger partial charge in [0.1, 0.15) is 6.54 Å². The van der Waals surface area contributed by atoms with E-state index >= 15 is 0 Å². The third-order valence-electron chi connectivity index (χ3n) is 2.94. The van der Waals surface area contributed by atoms with Gasteiger partial charge in [0.05, 0.1) is 27.5 Å². The monoisotopic (exact) mass is 335 g/mol. The van der Waals surface area contributed by atoms with E-state index in [2.05, 4.69) is 26.1 Å². The number of rotatable bonds is 7. The summed E-state index contributed by atoms with van der Waals surface area (Å²) < 4.78 is 16.8. The number of tetrazole rings is 1. The molecule has 0 radical (unpaired) electrons. The molecule has 0 spiro atoms. The second kappa shape index (κ2) is 7.76. The van der Waals surface area contributed by atoms with Crippen LogP contribution in [0.5, 0.6) is 17.2 Å². The SMILES string of the molecule is COc1cc(C=NNC(=O)Cn2nnnc2N)cc(OC)c1OC. The minimum atomic E-state index is -0.433. The fourth-order valence-corrected chi connectivity index (χ4v) is 1.85. The molecule has 11 heteroatoms. The van der Waals surface area contributed by atoms with E-state index in [4.69, 9.17) is 19.9 Å². The Morgan fingerprint density at radius 1 is 1.29 bits per heavy atom. The van der Waals surface area contributed by atoms with Gasteiger partial charge in [-0.25, -0.2) is 10.1 Å². The largest absolute Gasteiger partial charge is 0.493 e. The smallest absolute Gasteiger partial charge is 0.261 e. The van der Waals surface area contributed by atoms with Gasteiger partial charge in [-0.05, 0) is 22.6 Å². The normalized spacial score (nSPS) is 10.6. The lowest BCUT2D eigenvalue weighted by molar-refractivity contribution is -0.121. The molecule has 24 heavy (non-hydrogen) atoms. The maximum absolute atomic E-state index is 11.7. The van der Waals surface area contributed by atoms with Crippen LogP contribution < -0.4 is 25.4 Å². The Bertz CT molecular complexity index is 719. The second-order valence-electron chi connectivity index (χ2n) is 4.45. The topological polar surface area (TPSA) is 139 Å². The summed E-state index contributed by atoms with van der Waals surface area (Å²) >= 11 is 0. The zero-order valence-corrected chi connectivity index (χ0v) is 13.4. The molecule has 0 unspecified atom stereocenters. The number of nitrogens with two attached hydrogens (primary N) is 1. The maximum atomic E-state index is 11.7. The van der Waals surface area contributed by atoms with Crippen LogP contribution in [-0.2, 0) is 11.3 Å². The van der Waals surface area contributed by atoms with Gasteiger partial charge >= 0.3 is 0 Å². The first-order chi connectivity index (χ1) is 11.6. The number of ether oxygens (including phenoxy) is 3. The van der Waals surface area contributed by atoms with Gasteiger partial charge in [0, 0.05) is 5.56 Å². The fraction of sp³-hybridized carbons (Fsp3) is 0.308. The van der Waals surface area contributed by atoms with Gasteiger partial charge in [0.25, 0.3) is 5.91 Å². The number of anilines is 1. The minimum absolute atomic E-state index is 0.0405. The van der Waals surface area contributed by atoms with Crippen LogP contribution in [0.2, 0.25) is 0 Å². The third-order valence-corrected chi connectivity index (χ3v) is 2.94. The zero-order valence-electron chi connectivity index (χ0n) is 13.4. The number of carbonyl (C=O) groups excluding carboxylic acids is 1. The quantitative estimate of drug-likeness (QED) is 0.506. The van der Waals surface area contributed by atoms with Crippen LogP contribution in [0.1, 0.15) is 5.56 Å². The lowest BCUT2D eigenvalue weighted by Crippen LogP contribution is -2.24. The molecule has 0 aliphatic heterocycles. The molecule has 1 aromatic carbocycles. The Morgan fingerprint density at radius 3 is 2.46 bits per heavy atom. The summed E-state index contributed by atoms with van der Waals surface area (Å²) in [4.78, 5) is 11.7. The average molecular weight is 335 g/mol. The van der Waals surface area contributed by atoms with E-state index in [-0.39, 0.29) is 12.5 Å². The number of benzene rings is 1. The first kappa shape index (κ1) is 17.0. The van der Waals surface area contributed by atoms with Crippen molar-refractivity contribution >= 4 is 18.1 Å². The molecule has 0 bridgehead atoms. The van der Waals surface area contributed by atoms with E-state index in [0.29, 0.717) is 22.8 Å². The van der Waals surface area contributed by atoms with Gasteiger partial charge < -0.3 is 19.9 Å². The van der Waals surface area contributed by atoms with Crippen LogP contribution in [0.25, 0.3) is 0 Å². The number of hydrazone groups is 1. The predicted octanol–water partition coefficient (Wildman–Crippen LogP) is -0.569. The molecule has 128 valence electrons. The molecule has 2 rings (SSSR count). The van der Waals surface area contributed by atoms with E-state index in [1.54, 1.807) is 12.1 Å². The number of nitrogens with one attached hydrogen (secondary N) is 1. The summed E-state index contributed by atoms with van der Waals surface area (Å²) in [5.74, 6) is 1.03. The molecule has 0 fully saturated rings. The highest BCUT2D eigenvalue weighted by Crippen LogP contribution is 2.37. The van der Waals surface area contributed by atoms with Crippen LogP contribution in [0.3, 0.4) is 0 Å². The lowest BCUT2D eigenvalue weighted by atomic mass is 10.2. The number of amides is 1. The van der Waals surface area contributed by atoms with Crippen LogP contribution >= 0.6 is 0 Å². The molecule has 0 saturated heterocycles. The first-order valence-corrected chi connectivity index (χ1v) is 6.72. The molecule has 1 amide bonds. The summed E-state index contributed by atoms with van der Waals surface area (Å²) in [6.45, 7) is -0.147. The van der Waals surface area contributed by atoms with Crippen molar-refractivity contribution in [2.24, 2.45) is 5.10 Å². The van der Waals surface area contributed by atoms with Gasteiger partial charge in [-0.1, -0.05) is 5.10 Å². The van der Waals surface area contributed by atoms with Crippen molar-refractivity contribution in [3.8, 4) is 17.2 Å². The predicted molar refractivity (Wildman–Crippen MR) is 84.1 cm³/mol. The van der Waals surface area contributed by atoms with Gasteiger partial charge in [0.15, 0.2) is 11.5 Å². The molecule has 3 N–H and O–H groups in total. The van der Waals surface area contributed by atoms with E-state index in [0.717, 1.165) is 4.68 Å². The van der Waals surface area contributed by atoms with Crippen LogP contribution in [0.4, 0.5) is 5.95 Å². The fourth-order valence-electron chi connectivity index (χ4n) is 1.85. The number of hydrogen-bond acceptors (Lipinski definition) is 9. The molecule has 11 nitrogen and oxygen atoms in total. The number of aromatic nitrogens is 4. The maximum Gasteiger partial charge on any atom is 0.261 e. The average Bonchev–Trinajstić information content (AvgIpc) is 2.98. The summed E-state index contributed by atoms with van der Waals surface area (Å²) in [5.41, 5.74) is 8.46. The molecule has 1 heterocycles. The van der Waals surface area contributed by atoms with Crippen LogP contribution in [0, 0.1) is 0 Å². The Hall–Kier alpha value is -3.37. The van der Waals surface area contributed by atoms with Crippen molar-refractivity contribution in [2.75, 3.05) is 27.1 Å². The van der Waals surface area contributed by atoms with E-state index in [1.165, 1.54) is 27.5 Å². The molecule has 0 aliphatic carbocycles. The second-order valence-corrected chi connectivity index (χ2v) is 4.45. The highest BCUT2D eigenvalue weighted by molar-refractivity contribution is 5.84. The Labute approximate surface area is 137 Å². The molecular weight excluding hydrogens is 318 g/mol. The van der Waals surface area contributed by atoms with E-state index in [1.807, 2.05) is 0 Å². The van der Waals surface area contributed by atoms with Crippen molar-refractivity contribution in [1.29, 1.82) is 0 Å². The molecular formula is C13H17N7O4. The molecule has 0 saturated carbocycles. The number of carbonyl (C=O) groups is 1. The van der Waals surface area contributed by atoms with Crippen molar-refractivity contribution in [1.82, 2.24) is 25.6 Å². The number of nitrogen functional groups attached to an aromatic ring is 1. The lowest BCUT2D eigenvalue weighted by Gasteiger charge is -2.12. The minimum Gasteiger partial charge on any atom is -0.493 e. The van der Waals surface area contributed by atoms with Crippen molar-refractivity contribution in [3.63, 3.8) is 0 Å². The highest BCUT2D eigenvalue weighted by Gasteiger charge is 2.12.